The van der Waals surface area contributed by atoms with Gasteiger partial charge in [-0.1, -0.05) is 0 Å². The van der Waals surface area contributed by atoms with Crippen LogP contribution in [0.2, 0.25) is 0 Å². The first-order valence-corrected chi connectivity index (χ1v) is 5.58. The lowest BCUT2D eigenvalue weighted by molar-refractivity contribution is -0.139. The van der Waals surface area contributed by atoms with Crippen molar-refractivity contribution in [2.45, 2.75) is 26.2 Å². The van der Waals surface area contributed by atoms with Gasteiger partial charge in [-0.05, 0) is 31.1 Å². The molecule has 0 aromatic rings. The van der Waals surface area contributed by atoms with Crippen LogP contribution in [-0.4, -0.2) is 35.0 Å². The number of carboxylic acids is 1. The van der Waals surface area contributed by atoms with E-state index in [9.17, 15) is 9.59 Å². The van der Waals surface area contributed by atoms with Gasteiger partial charge in [0.1, 0.15) is 0 Å². The first-order chi connectivity index (χ1) is 7.09. The van der Waals surface area contributed by atoms with Gasteiger partial charge in [-0.15, -0.1) is 0 Å². The Morgan fingerprint density at radius 1 is 1.40 bits per heavy atom. The van der Waals surface area contributed by atoms with Crippen molar-refractivity contribution >= 4 is 11.9 Å². The van der Waals surface area contributed by atoms with Gasteiger partial charge in [-0.3, -0.25) is 9.59 Å². The van der Waals surface area contributed by atoms with Gasteiger partial charge in [-0.2, -0.15) is 0 Å². The molecule has 0 radical (unpaired) electrons. The molecule has 84 valence electrons. The van der Waals surface area contributed by atoms with Gasteiger partial charge in [0, 0.05) is 20.0 Å². The Bertz CT molecular complexity index is 290. The van der Waals surface area contributed by atoms with Crippen LogP contribution in [0.3, 0.4) is 0 Å². The third-order valence-corrected chi connectivity index (χ3v) is 3.67. The Balaban J connectivity index is 1.89. The number of likely N-dealkylation sites (tertiary alicyclic amines) is 1. The molecule has 4 heteroatoms. The molecule has 0 bridgehead atoms. The summed E-state index contributed by atoms with van der Waals surface area (Å²) < 4.78 is 0. The van der Waals surface area contributed by atoms with Crippen molar-refractivity contribution in [3.05, 3.63) is 0 Å². The highest BCUT2D eigenvalue weighted by molar-refractivity contribution is 5.74. The Labute approximate surface area is 89.3 Å². The lowest BCUT2D eigenvalue weighted by Crippen LogP contribution is -2.39. The Morgan fingerprint density at radius 3 is 2.67 bits per heavy atom. The summed E-state index contributed by atoms with van der Waals surface area (Å²) in [5.74, 6) is 0.0579. The van der Waals surface area contributed by atoms with Crippen LogP contribution in [0.15, 0.2) is 0 Å². The predicted octanol–water partition coefficient (Wildman–Crippen LogP) is 0.966. The van der Waals surface area contributed by atoms with Crippen LogP contribution in [0.5, 0.6) is 0 Å². The minimum Gasteiger partial charge on any atom is -0.481 e. The van der Waals surface area contributed by atoms with Crippen LogP contribution in [-0.2, 0) is 9.59 Å². The summed E-state index contributed by atoms with van der Waals surface area (Å²) in [5, 5.41) is 8.85. The lowest BCUT2D eigenvalue weighted by Gasteiger charge is -2.32. The predicted molar refractivity (Wildman–Crippen MR) is 54.2 cm³/mol. The summed E-state index contributed by atoms with van der Waals surface area (Å²) in [4.78, 5) is 23.8. The summed E-state index contributed by atoms with van der Waals surface area (Å²) in [6.45, 7) is 3.20. The van der Waals surface area contributed by atoms with E-state index in [-0.39, 0.29) is 11.8 Å². The number of carbonyl (C=O) groups is 2. The summed E-state index contributed by atoms with van der Waals surface area (Å²) in [7, 11) is 0. The molecule has 1 aliphatic heterocycles. The highest BCUT2D eigenvalue weighted by atomic mass is 16.4. The number of aliphatic carboxylic acids is 1. The van der Waals surface area contributed by atoms with Gasteiger partial charge >= 0.3 is 5.97 Å². The van der Waals surface area contributed by atoms with E-state index in [2.05, 4.69) is 0 Å². The Kier molecular flexibility index (Phi) is 2.67. The maximum absolute atomic E-state index is 11.2. The minimum atomic E-state index is -0.667. The van der Waals surface area contributed by atoms with E-state index in [1.807, 2.05) is 4.90 Å². The third-order valence-electron chi connectivity index (χ3n) is 3.67. The van der Waals surface area contributed by atoms with Crippen LogP contribution in [0.4, 0.5) is 0 Å². The number of carboxylic acid groups (broad SMARTS) is 1. The molecule has 2 aliphatic rings. The van der Waals surface area contributed by atoms with Crippen LogP contribution >= 0.6 is 0 Å². The molecule has 1 amide bonds. The first-order valence-electron chi connectivity index (χ1n) is 5.58. The molecule has 1 heterocycles. The molecule has 3 atom stereocenters. The number of carbonyl (C=O) groups excluding carboxylic acids is 1. The number of amides is 1. The molecule has 15 heavy (non-hydrogen) atoms. The molecular formula is C11H17NO3. The lowest BCUT2D eigenvalue weighted by atomic mass is 9.92. The molecule has 4 nitrogen and oxygen atoms in total. The van der Waals surface area contributed by atoms with Gasteiger partial charge in [-0.25, -0.2) is 0 Å². The molecule has 2 fully saturated rings. The minimum absolute atomic E-state index is 0.118. The van der Waals surface area contributed by atoms with Crippen molar-refractivity contribution in [1.82, 2.24) is 4.90 Å². The molecule has 0 aromatic carbocycles. The smallest absolute Gasteiger partial charge is 0.306 e. The topological polar surface area (TPSA) is 57.6 Å². The quantitative estimate of drug-likeness (QED) is 0.740. The van der Waals surface area contributed by atoms with E-state index in [0.29, 0.717) is 11.8 Å². The highest BCUT2D eigenvalue weighted by Crippen LogP contribution is 2.47. The number of piperidine rings is 1. The summed E-state index contributed by atoms with van der Waals surface area (Å²) in [6.07, 6.45) is 2.91. The van der Waals surface area contributed by atoms with Gasteiger partial charge in [0.05, 0.1) is 5.92 Å². The molecule has 2 rings (SSSR count). The maximum Gasteiger partial charge on any atom is 0.306 e. The fourth-order valence-corrected chi connectivity index (χ4v) is 2.67. The van der Waals surface area contributed by atoms with Crippen molar-refractivity contribution in [2.75, 3.05) is 13.1 Å². The van der Waals surface area contributed by atoms with Gasteiger partial charge in [0.2, 0.25) is 5.91 Å². The van der Waals surface area contributed by atoms with Gasteiger partial charge in [0.25, 0.3) is 0 Å². The van der Waals surface area contributed by atoms with E-state index in [4.69, 9.17) is 5.11 Å². The largest absolute Gasteiger partial charge is 0.481 e. The molecule has 1 aliphatic carbocycles. The second kappa shape index (κ2) is 3.83. The molecule has 3 unspecified atom stereocenters. The maximum atomic E-state index is 11.2. The van der Waals surface area contributed by atoms with Gasteiger partial charge < -0.3 is 10.0 Å². The zero-order valence-corrected chi connectivity index (χ0v) is 8.98. The van der Waals surface area contributed by atoms with Crippen molar-refractivity contribution in [2.24, 2.45) is 17.8 Å². The van der Waals surface area contributed by atoms with E-state index < -0.39 is 5.97 Å². The fraction of sp³-hybridized carbons (Fsp3) is 0.818. The SMILES string of the molecule is CC(=O)N1CCCC(C2CC2C(=O)O)C1. The number of hydrogen-bond acceptors (Lipinski definition) is 2. The van der Waals surface area contributed by atoms with Crippen LogP contribution in [0.25, 0.3) is 0 Å². The van der Waals surface area contributed by atoms with E-state index in [1.165, 1.54) is 0 Å². The van der Waals surface area contributed by atoms with E-state index in [1.54, 1.807) is 6.92 Å². The third kappa shape index (κ3) is 2.13. The number of hydrogen-bond donors (Lipinski definition) is 1. The fourth-order valence-electron chi connectivity index (χ4n) is 2.67. The molecule has 0 spiro atoms. The van der Waals surface area contributed by atoms with Gasteiger partial charge in [0.15, 0.2) is 0 Å². The second-order valence-corrected chi connectivity index (χ2v) is 4.71. The van der Waals surface area contributed by atoms with E-state index >= 15 is 0 Å². The number of nitrogens with zero attached hydrogens (tertiary/aromatic N) is 1. The summed E-state index contributed by atoms with van der Waals surface area (Å²) in [5.41, 5.74) is 0. The Hall–Kier alpha value is -1.06. The van der Waals surface area contributed by atoms with Crippen molar-refractivity contribution in [3.63, 3.8) is 0 Å². The average molecular weight is 211 g/mol. The zero-order valence-electron chi connectivity index (χ0n) is 8.98. The van der Waals surface area contributed by atoms with E-state index in [0.717, 1.165) is 32.4 Å². The second-order valence-electron chi connectivity index (χ2n) is 4.71. The summed E-state index contributed by atoms with van der Waals surface area (Å²) >= 11 is 0. The van der Waals surface area contributed by atoms with Crippen LogP contribution in [0, 0.1) is 17.8 Å². The standard InChI is InChI=1S/C11H17NO3/c1-7(13)12-4-2-3-8(6-12)9-5-10(9)11(14)15/h8-10H,2-6H2,1H3,(H,14,15). The molecule has 0 aromatic heterocycles. The average Bonchev–Trinajstić information content (AvgIpc) is 2.97. The summed E-state index contributed by atoms with van der Waals surface area (Å²) in [6, 6.07) is 0. The monoisotopic (exact) mass is 211 g/mol. The molecule has 1 N–H and O–H groups in total. The highest BCUT2D eigenvalue weighted by Gasteiger charge is 2.48. The number of rotatable bonds is 2. The van der Waals surface area contributed by atoms with Crippen molar-refractivity contribution in [3.8, 4) is 0 Å². The van der Waals surface area contributed by atoms with Crippen LogP contribution < -0.4 is 0 Å². The van der Waals surface area contributed by atoms with Crippen molar-refractivity contribution in [1.29, 1.82) is 0 Å². The molecule has 1 saturated heterocycles. The molecule has 1 saturated carbocycles. The first kappa shape index (κ1) is 10.5. The molecular weight excluding hydrogens is 194 g/mol. The van der Waals surface area contributed by atoms with Crippen LogP contribution in [0.1, 0.15) is 26.2 Å². The zero-order chi connectivity index (χ0) is 11.0. The Morgan fingerprint density at radius 2 is 2.13 bits per heavy atom. The normalized spacial score (nSPS) is 35.0. The van der Waals surface area contributed by atoms with Crippen molar-refractivity contribution < 1.29 is 14.7 Å².